The molecule has 31 heavy (non-hydrogen) atoms. The fourth-order valence-corrected chi connectivity index (χ4v) is 4.05. The molecule has 0 bridgehead atoms. The van der Waals surface area contributed by atoms with Crippen molar-refractivity contribution in [3.05, 3.63) is 86.6 Å². The normalized spacial score (nSPS) is 11.0. The smallest absolute Gasteiger partial charge is 0.337 e. The van der Waals surface area contributed by atoms with Crippen LogP contribution in [0.2, 0.25) is 5.02 Å². The van der Waals surface area contributed by atoms with Crippen LogP contribution in [0.15, 0.2) is 59.1 Å². The molecule has 0 radical (unpaired) electrons. The number of rotatable bonds is 3. The van der Waals surface area contributed by atoms with E-state index in [1.807, 2.05) is 0 Å². The van der Waals surface area contributed by atoms with Gasteiger partial charge in [-0.3, -0.25) is 4.79 Å². The zero-order valence-corrected chi connectivity index (χ0v) is 18.8. The molecule has 0 saturated carbocycles. The van der Waals surface area contributed by atoms with E-state index in [0.29, 0.717) is 27.1 Å². The molecule has 0 amide bonds. The molecular formula is C23H15BrClFN2O3. The van der Waals surface area contributed by atoms with Crippen LogP contribution in [-0.2, 0) is 4.74 Å². The number of hydrogen-bond acceptors (Lipinski definition) is 4. The molecule has 156 valence electrons. The number of methoxy groups -OCH3 is 1. The number of benzene rings is 3. The summed E-state index contributed by atoms with van der Waals surface area (Å²) in [5.74, 6) is -1.73. The summed E-state index contributed by atoms with van der Waals surface area (Å²) >= 11 is 9.70. The summed E-state index contributed by atoms with van der Waals surface area (Å²) in [6.45, 7) is 1.78. The second-order valence-electron chi connectivity index (χ2n) is 6.84. The average molecular weight is 502 g/mol. The number of halogens is 3. The summed E-state index contributed by atoms with van der Waals surface area (Å²) in [5.41, 5.74) is 2.02. The lowest BCUT2D eigenvalue weighted by atomic mass is 10.0. The Morgan fingerprint density at radius 3 is 2.58 bits per heavy atom. The fraction of sp³-hybridized carbons (Fsp3) is 0.0870. The predicted molar refractivity (Wildman–Crippen MR) is 120 cm³/mol. The fourth-order valence-electron chi connectivity index (χ4n) is 3.40. The van der Waals surface area contributed by atoms with Crippen molar-refractivity contribution in [2.45, 2.75) is 6.92 Å². The van der Waals surface area contributed by atoms with Gasteiger partial charge in [-0.1, -0.05) is 39.7 Å². The molecule has 3 aromatic carbocycles. The summed E-state index contributed by atoms with van der Waals surface area (Å²) < 4.78 is 21.5. The van der Waals surface area contributed by atoms with Crippen molar-refractivity contribution >= 4 is 50.3 Å². The Labute approximate surface area is 190 Å². The summed E-state index contributed by atoms with van der Waals surface area (Å²) in [5, 5.41) is 5.33. The Bertz CT molecular complexity index is 1350. The highest BCUT2D eigenvalue weighted by Crippen LogP contribution is 2.33. The van der Waals surface area contributed by atoms with Crippen LogP contribution in [0, 0.1) is 12.7 Å². The molecule has 0 fully saturated rings. The first-order valence-corrected chi connectivity index (χ1v) is 10.3. The van der Waals surface area contributed by atoms with Gasteiger partial charge in [-0.2, -0.15) is 9.78 Å². The van der Waals surface area contributed by atoms with Crippen molar-refractivity contribution < 1.29 is 18.7 Å². The Morgan fingerprint density at radius 1 is 1.13 bits per heavy atom. The number of ether oxygens (including phenoxy) is 1. The van der Waals surface area contributed by atoms with Gasteiger partial charge < -0.3 is 4.74 Å². The third-order valence-electron chi connectivity index (χ3n) is 4.92. The molecule has 0 aliphatic heterocycles. The minimum atomic E-state index is -0.654. The molecule has 5 nitrogen and oxygen atoms in total. The Morgan fingerprint density at radius 2 is 1.90 bits per heavy atom. The highest BCUT2D eigenvalue weighted by molar-refractivity contribution is 9.10. The van der Waals surface area contributed by atoms with Gasteiger partial charge >= 0.3 is 5.97 Å². The first-order valence-electron chi connectivity index (χ1n) is 9.18. The van der Waals surface area contributed by atoms with Gasteiger partial charge in [0, 0.05) is 15.4 Å². The molecule has 1 aromatic heterocycles. The Hall–Kier alpha value is -3.03. The number of fused-ring (bicyclic) bond motifs is 1. The molecule has 0 N–H and O–H groups in total. The van der Waals surface area contributed by atoms with Crippen LogP contribution in [-0.4, -0.2) is 28.8 Å². The highest BCUT2D eigenvalue weighted by Gasteiger charge is 2.23. The molecule has 4 aromatic rings. The van der Waals surface area contributed by atoms with E-state index in [1.165, 1.54) is 23.9 Å². The van der Waals surface area contributed by atoms with E-state index in [1.54, 1.807) is 43.3 Å². The number of aromatic nitrogens is 2. The lowest BCUT2D eigenvalue weighted by Gasteiger charge is -2.08. The minimum absolute atomic E-state index is 0.0815. The largest absolute Gasteiger partial charge is 0.465 e. The second-order valence-corrected chi connectivity index (χ2v) is 8.17. The van der Waals surface area contributed by atoms with Gasteiger partial charge in [0.2, 0.25) is 0 Å². The standard InChI is InChI=1S/C23H15BrClFN2O3/c1-12-4-3-5-17(25)20(12)22(29)28-19-11-14(24)7-9-16(19)21(27-28)15-8-6-13(10-18(15)26)23(30)31-2/h3-11H,1-2H3. The van der Waals surface area contributed by atoms with Crippen LogP contribution < -0.4 is 0 Å². The number of carbonyl (C=O) groups excluding carboxylic acids is 2. The van der Waals surface area contributed by atoms with Gasteiger partial charge in [0.05, 0.1) is 28.8 Å². The third-order valence-corrected chi connectivity index (χ3v) is 5.72. The third kappa shape index (κ3) is 3.75. The van der Waals surface area contributed by atoms with Gasteiger partial charge in [-0.25, -0.2) is 9.18 Å². The lowest BCUT2D eigenvalue weighted by molar-refractivity contribution is 0.0600. The SMILES string of the molecule is COC(=O)c1ccc(-c2nn(C(=O)c3c(C)cccc3Cl)c3cc(Br)ccc23)c(F)c1. The molecule has 0 atom stereocenters. The van der Waals surface area contributed by atoms with Crippen molar-refractivity contribution in [3.8, 4) is 11.3 Å². The molecule has 0 unspecified atom stereocenters. The van der Waals surface area contributed by atoms with E-state index in [9.17, 15) is 14.0 Å². The zero-order chi connectivity index (χ0) is 22.3. The average Bonchev–Trinajstić information content (AvgIpc) is 3.11. The monoisotopic (exact) mass is 500 g/mol. The molecule has 0 aliphatic rings. The van der Waals surface area contributed by atoms with Crippen LogP contribution in [0.5, 0.6) is 0 Å². The first kappa shape index (κ1) is 21.2. The molecule has 0 spiro atoms. The number of nitrogens with zero attached hydrogens (tertiary/aromatic N) is 2. The second kappa shape index (κ2) is 8.24. The highest BCUT2D eigenvalue weighted by atomic mass is 79.9. The van der Waals surface area contributed by atoms with Crippen molar-refractivity contribution in [2.24, 2.45) is 0 Å². The summed E-state index contributed by atoms with van der Waals surface area (Å²) in [7, 11) is 1.23. The predicted octanol–water partition coefficient (Wildman–Crippen LogP) is 6.04. The van der Waals surface area contributed by atoms with Crippen LogP contribution in [0.3, 0.4) is 0 Å². The number of hydrogen-bond donors (Lipinski definition) is 0. The van der Waals surface area contributed by atoms with E-state index in [2.05, 4.69) is 25.8 Å². The van der Waals surface area contributed by atoms with Gasteiger partial charge in [0.15, 0.2) is 0 Å². The minimum Gasteiger partial charge on any atom is -0.465 e. The summed E-state index contributed by atoms with van der Waals surface area (Å²) in [6.07, 6.45) is 0. The number of aryl methyl sites for hydroxylation is 1. The first-order chi connectivity index (χ1) is 14.8. The van der Waals surface area contributed by atoms with Crippen LogP contribution >= 0.6 is 27.5 Å². The Kier molecular flexibility index (Phi) is 5.64. The van der Waals surface area contributed by atoms with Crippen molar-refractivity contribution in [1.82, 2.24) is 9.78 Å². The van der Waals surface area contributed by atoms with Crippen LogP contribution in [0.1, 0.15) is 26.3 Å². The maximum atomic E-state index is 14.9. The molecule has 0 aliphatic carbocycles. The molecule has 1 heterocycles. The van der Waals surface area contributed by atoms with Crippen molar-refractivity contribution in [1.29, 1.82) is 0 Å². The zero-order valence-electron chi connectivity index (χ0n) is 16.4. The van der Waals surface area contributed by atoms with Gasteiger partial charge in [0.25, 0.3) is 5.91 Å². The van der Waals surface area contributed by atoms with Gasteiger partial charge in [0.1, 0.15) is 11.5 Å². The van der Waals surface area contributed by atoms with E-state index < -0.39 is 17.7 Å². The number of esters is 1. The lowest BCUT2D eigenvalue weighted by Crippen LogP contribution is -2.15. The Balaban J connectivity index is 1.94. The molecular weight excluding hydrogens is 487 g/mol. The topological polar surface area (TPSA) is 61.2 Å². The van der Waals surface area contributed by atoms with Crippen molar-refractivity contribution in [2.75, 3.05) is 7.11 Å². The van der Waals surface area contributed by atoms with E-state index in [4.69, 9.17) is 11.6 Å². The van der Waals surface area contributed by atoms with Crippen molar-refractivity contribution in [3.63, 3.8) is 0 Å². The summed E-state index contributed by atoms with van der Waals surface area (Å²) in [4.78, 5) is 25.1. The van der Waals surface area contributed by atoms with E-state index in [-0.39, 0.29) is 16.8 Å². The van der Waals surface area contributed by atoms with Gasteiger partial charge in [-0.05, 0) is 55.0 Å². The summed E-state index contributed by atoms with van der Waals surface area (Å²) in [6, 6.07) is 14.4. The maximum Gasteiger partial charge on any atom is 0.337 e. The molecule has 4 rings (SSSR count). The van der Waals surface area contributed by atoms with E-state index >= 15 is 0 Å². The number of carbonyl (C=O) groups is 2. The maximum absolute atomic E-state index is 14.9. The van der Waals surface area contributed by atoms with Gasteiger partial charge in [-0.15, -0.1) is 0 Å². The van der Waals surface area contributed by atoms with Crippen LogP contribution in [0.25, 0.3) is 22.2 Å². The molecule has 8 heteroatoms. The molecule has 0 saturated heterocycles. The quantitative estimate of drug-likeness (QED) is 0.321. The van der Waals surface area contributed by atoms with Crippen LogP contribution in [0.4, 0.5) is 4.39 Å². The van der Waals surface area contributed by atoms with E-state index in [0.717, 1.165) is 10.5 Å².